The number of ether oxygens (including phenoxy) is 2. The third-order valence-corrected chi connectivity index (χ3v) is 5.87. The number of rotatable bonds is 5. The lowest BCUT2D eigenvalue weighted by Gasteiger charge is -2.35. The van der Waals surface area contributed by atoms with Crippen LogP contribution in [0.1, 0.15) is 38.7 Å². The normalized spacial score (nSPS) is 15.0. The molecule has 1 atom stereocenters. The quantitative estimate of drug-likeness (QED) is 0.601. The maximum Gasteiger partial charge on any atom is 0.258 e. The van der Waals surface area contributed by atoms with Gasteiger partial charge in [0.25, 0.3) is 11.8 Å². The van der Waals surface area contributed by atoms with E-state index in [1.165, 1.54) is 7.11 Å². The van der Waals surface area contributed by atoms with Crippen LogP contribution >= 0.6 is 11.6 Å². The van der Waals surface area contributed by atoms with E-state index in [-0.39, 0.29) is 17.9 Å². The Balaban J connectivity index is 1.61. The molecular weight excluding hydrogens is 428 g/mol. The number of carbonyl (C=O) groups excluding carboxylic acids is 2. The number of anilines is 1. The van der Waals surface area contributed by atoms with Gasteiger partial charge in [0.2, 0.25) is 0 Å². The number of nitrogens with zero attached hydrogens (tertiary/aromatic N) is 1. The molecule has 3 aromatic carbocycles. The van der Waals surface area contributed by atoms with Crippen LogP contribution in [0, 0.1) is 0 Å². The van der Waals surface area contributed by atoms with Crippen LogP contribution < -0.4 is 19.7 Å². The van der Waals surface area contributed by atoms with Gasteiger partial charge in [0.15, 0.2) is 11.5 Å². The van der Waals surface area contributed by atoms with Crippen LogP contribution in [0.3, 0.4) is 0 Å². The minimum absolute atomic E-state index is 0.144. The Morgan fingerprint density at radius 2 is 1.69 bits per heavy atom. The van der Waals surface area contributed by atoms with E-state index < -0.39 is 0 Å². The second-order valence-electron chi connectivity index (χ2n) is 7.38. The zero-order chi connectivity index (χ0) is 22.7. The van der Waals surface area contributed by atoms with E-state index in [2.05, 4.69) is 5.32 Å². The summed E-state index contributed by atoms with van der Waals surface area (Å²) in [7, 11) is 3.09. The summed E-state index contributed by atoms with van der Waals surface area (Å²) in [5.74, 6) is 0.670. The van der Waals surface area contributed by atoms with E-state index in [4.69, 9.17) is 21.1 Å². The highest BCUT2D eigenvalue weighted by Crippen LogP contribution is 2.36. The number of amides is 2. The van der Waals surface area contributed by atoms with Crippen LogP contribution in [0.15, 0.2) is 66.7 Å². The summed E-state index contributed by atoms with van der Waals surface area (Å²) >= 11 is 6.18. The lowest BCUT2D eigenvalue weighted by atomic mass is 9.95. The maximum absolute atomic E-state index is 13.4. The van der Waals surface area contributed by atoms with Gasteiger partial charge in [-0.25, -0.2) is 0 Å². The molecule has 6 nitrogen and oxygen atoms in total. The van der Waals surface area contributed by atoms with Crippen LogP contribution in [-0.2, 0) is 0 Å². The van der Waals surface area contributed by atoms with Crippen molar-refractivity contribution in [1.29, 1.82) is 0 Å². The van der Waals surface area contributed by atoms with Crippen molar-refractivity contribution in [2.75, 3.05) is 25.7 Å². The second-order valence-corrected chi connectivity index (χ2v) is 7.79. The topological polar surface area (TPSA) is 67.9 Å². The molecule has 4 rings (SSSR count). The van der Waals surface area contributed by atoms with Gasteiger partial charge in [0, 0.05) is 17.8 Å². The SMILES string of the molecule is COc1ccc(C(=O)N2CCC(NC(=O)c3ccccc3Cl)c3ccccc32)cc1OC. The summed E-state index contributed by atoms with van der Waals surface area (Å²) in [5, 5.41) is 3.47. The molecule has 1 heterocycles. The number of para-hydroxylation sites is 1. The number of halogens is 1. The van der Waals surface area contributed by atoms with Gasteiger partial charge in [-0.2, -0.15) is 0 Å². The number of methoxy groups -OCH3 is 2. The van der Waals surface area contributed by atoms with Crippen molar-refractivity contribution in [2.24, 2.45) is 0 Å². The number of carbonyl (C=O) groups is 2. The highest BCUT2D eigenvalue weighted by molar-refractivity contribution is 6.33. The van der Waals surface area contributed by atoms with E-state index in [0.717, 1.165) is 11.3 Å². The Hall–Kier alpha value is -3.51. The highest BCUT2D eigenvalue weighted by atomic mass is 35.5. The molecule has 0 bridgehead atoms. The van der Waals surface area contributed by atoms with Crippen molar-refractivity contribution in [2.45, 2.75) is 12.5 Å². The maximum atomic E-state index is 13.4. The Kier molecular flexibility index (Phi) is 6.32. The molecule has 3 aromatic rings. The first kappa shape index (κ1) is 21.7. The molecule has 1 aliphatic heterocycles. The molecule has 0 fully saturated rings. The zero-order valence-electron chi connectivity index (χ0n) is 17.8. The standard InChI is InChI=1S/C25H23ClN2O4/c1-31-22-12-11-16(15-23(22)32-2)25(30)28-14-13-20(18-8-4-6-10-21(18)28)27-24(29)17-7-3-5-9-19(17)26/h3-12,15,20H,13-14H2,1-2H3,(H,27,29). The first-order chi connectivity index (χ1) is 15.5. The van der Waals surface area contributed by atoms with Gasteiger partial charge in [-0.05, 0) is 48.4 Å². The molecule has 1 N–H and O–H groups in total. The largest absolute Gasteiger partial charge is 0.493 e. The Labute approximate surface area is 191 Å². The number of hydrogen-bond acceptors (Lipinski definition) is 4. The van der Waals surface area contributed by atoms with Crippen LogP contribution in [0.5, 0.6) is 11.5 Å². The first-order valence-corrected chi connectivity index (χ1v) is 10.6. The van der Waals surface area contributed by atoms with Crippen molar-refractivity contribution in [3.8, 4) is 11.5 Å². The third-order valence-electron chi connectivity index (χ3n) is 5.54. The van der Waals surface area contributed by atoms with E-state index in [1.54, 1.807) is 54.5 Å². The van der Waals surface area contributed by atoms with Gasteiger partial charge in [0.05, 0.1) is 30.8 Å². The van der Waals surface area contributed by atoms with Crippen molar-refractivity contribution < 1.29 is 19.1 Å². The summed E-state index contributed by atoms with van der Waals surface area (Å²) in [5.41, 5.74) is 2.57. The second kappa shape index (κ2) is 9.32. The molecule has 7 heteroatoms. The van der Waals surface area contributed by atoms with Crippen LogP contribution in [0.2, 0.25) is 5.02 Å². The van der Waals surface area contributed by atoms with Crippen LogP contribution in [0.25, 0.3) is 0 Å². The monoisotopic (exact) mass is 450 g/mol. The molecule has 1 unspecified atom stereocenters. The molecule has 2 amide bonds. The predicted molar refractivity (Wildman–Crippen MR) is 124 cm³/mol. The van der Waals surface area contributed by atoms with Gasteiger partial charge >= 0.3 is 0 Å². The van der Waals surface area contributed by atoms with Crippen LogP contribution in [0.4, 0.5) is 5.69 Å². The fourth-order valence-corrected chi connectivity index (χ4v) is 4.15. The van der Waals surface area contributed by atoms with Crippen LogP contribution in [-0.4, -0.2) is 32.6 Å². The van der Waals surface area contributed by atoms with Gasteiger partial charge < -0.3 is 19.7 Å². The smallest absolute Gasteiger partial charge is 0.258 e. The predicted octanol–water partition coefficient (Wildman–Crippen LogP) is 4.88. The minimum atomic E-state index is -0.241. The van der Waals surface area contributed by atoms with Crippen molar-refractivity contribution in [1.82, 2.24) is 5.32 Å². The number of fused-ring (bicyclic) bond motifs is 1. The highest BCUT2D eigenvalue weighted by Gasteiger charge is 2.30. The summed E-state index contributed by atoms with van der Waals surface area (Å²) in [6, 6.07) is 19.4. The number of benzene rings is 3. The van der Waals surface area contributed by atoms with Gasteiger partial charge in [-0.3, -0.25) is 9.59 Å². The Morgan fingerprint density at radius 3 is 2.44 bits per heavy atom. The lowest BCUT2D eigenvalue weighted by Crippen LogP contribution is -2.41. The summed E-state index contributed by atoms with van der Waals surface area (Å²) in [6.07, 6.45) is 0.576. The fraction of sp³-hybridized carbons (Fsp3) is 0.200. The van der Waals surface area contributed by atoms with E-state index in [9.17, 15) is 9.59 Å². The van der Waals surface area contributed by atoms with E-state index in [1.807, 2.05) is 24.3 Å². The summed E-state index contributed by atoms with van der Waals surface area (Å²) in [6.45, 7) is 0.456. The Bertz CT molecular complexity index is 1160. The minimum Gasteiger partial charge on any atom is -0.493 e. The third kappa shape index (κ3) is 4.14. The fourth-order valence-electron chi connectivity index (χ4n) is 3.93. The lowest BCUT2D eigenvalue weighted by molar-refractivity contribution is 0.0933. The van der Waals surface area contributed by atoms with E-state index >= 15 is 0 Å². The zero-order valence-corrected chi connectivity index (χ0v) is 18.6. The van der Waals surface area contributed by atoms with Gasteiger partial charge in [0.1, 0.15) is 0 Å². The summed E-state index contributed by atoms with van der Waals surface area (Å²) < 4.78 is 10.6. The van der Waals surface area contributed by atoms with Gasteiger partial charge in [-0.15, -0.1) is 0 Å². The first-order valence-electron chi connectivity index (χ1n) is 10.2. The van der Waals surface area contributed by atoms with E-state index in [0.29, 0.717) is 40.6 Å². The summed E-state index contributed by atoms with van der Waals surface area (Å²) in [4.78, 5) is 27.9. The van der Waals surface area contributed by atoms with Crippen molar-refractivity contribution >= 4 is 29.1 Å². The number of hydrogen-bond donors (Lipinski definition) is 1. The molecule has 0 saturated carbocycles. The molecule has 1 aliphatic rings. The molecule has 0 aromatic heterocycles. The molecule has 0 spiro atoms. The molecule has 32 heavy (non-hydrogen) atoms. The molecule has 0 saturated heterocycles. The molecular formula is C25H23ClN2O4. The Morgan fingerprint density at radius 1 is 0.969 bits per heavy atom. The van der Waals surface area contributed by atoms with Gasteiger partial charge in [-0.1, -0.05) is 41.9 Å². The number of nitrogens with one attached hydrogen (secondary N) is 1. The molecule has 0 aliphatic carbocycles. The molecule has 164 valence electrons. The average Bonchev–Trinajstić information content (AvgIpc) is 2.83. The average molecular weight is 451 g/mol. The molecule has 0 radical (unpaired) electrons. The van der Waals surface area contributed by atoms with Crippen molar-refractivity contribution in [3.05, 3.63) is 88.4 Å². The van der Waals surface area contributed by atoms with Crippen molar-refractivity contribution in [3.63, 3.8) is 0 Å².